The molecule has 3 aromatic carbocycles. The standard InChI is InChI=1S/C30H36N4O6S/c1-5-23(4)31-30(36)28(6-2)32(20-24-13-10-12-22(3)18-24)29(35)21-33(25-14-11-15-26(19-25)34(37)38)41(39,40)27-16-8-7-9-17-27/h7-19,23,28H,5-6,20-21H2,1-4H3,(H,31,36)/t23-,28-/m0/s1. The van der Waals surface area contributed by atoms with Gasteiger partial charge in [0.05, 0.1) is 15.5 Å². The Balaban J connectivity index is 2.09. The highest BCUT2D eigenvalue weighted by Crippen LogP contribution is 2.28. The van der Waals surface area contributed by atoms with Gasteiger partial charge in [-0.2, -0.15) is 0 Å². The molecule has 0 unspecified atom stereocenters. The third kappa shape index (κ3) is 7.91. The highest BCUT2D eigenvalue weighted by Gasteiger charge is 2.34. The summed E-state index contributed by atoms with van der Waals surface area (Å²) in [5.74, 6) is -0.959. The number of aryl methyl sites for hydroxylation is 1. The largest absolute Gasteiger partial charge is 0.352 e. The number of nitro benzene ring substituents is 1. The van der Waals surface area contributed by atoms with E-state index in [1.807, 2.05) is 45.0 Å². The monoisotopic (exact) mass is 580 g/mol. The lowest BCUT2D eigenvalue weighted by atomic mass is 10.1. The minimum atomic E-state index is -4.32. The summed E-state index contributed by atoms with van der Waals surface area (Å²) < 4.78 is 28.5. The van der Waals surface area contributed by atoms with E-state index < -0.39 is 33.4 Å². The van der Waals surface area contributed by atoms with Crippen LogP contribution in [0.15, 0.2) is 83.8 Å². The van der Waals surface area contributed by atoms with Gasteiger partial charge in [-0.3, -0.25) is 24.0 Å². The van der Waals surface area contributed by atoms with Crippen LogP contribution in [-0.2, 0) is 26.2 Å². The summed E-state index contributed by atoms with van der Waals surface area (Å²) in [6, 6.07) is 19.2. The van der Waals surface area contributed by atoms with Gasteiger partial charge in [-0.05, 0) is 50.5 Å². The van der Waals surface area contributed by atoms with Crippen molar-refractivity contribution in [2.24, 2.45) is 0 Å². The number of sulfonamides is 1. The number of carbonyl (C=O) groups is 2. The number of rotatable bonds is 13. The van der Waals surface area contributed by atoms with Crippen LogP contribution in [0.3, 0.4) is 0 Å². The first-order valence-electron chi connectivity index (χ1n) is 13.5. The second-order valence-corrected chi connectivity index (χ2v) is 11.7. The molecule has 0 heterocycles. The minimum Gasteiger partial charge on any atom is -0.352 e. The van der Waals surface area contributed by atoms with Crippen molar-refractivity contribution in [1.82, 2.24) is 10.2 Å². The maximum Gasteiger partial charge on any atom is 0.271 e. The number of non-ortho nitro benzene ring substituents is 1. The lowest BCUT2D eigenvalue weighted by molar-refractivity contribution is -0.384. The summed E-state index contributed by atoms with van der Waals surface area (Å²) in [6.45, 7) is 6.91. The molecule has 2 atom stereocenters. The normalized spacial score (nSPS) is 12.7. The zero-order valence-corrected chi connectivity index (χ0v) is 24.5. The number of anilines is 1. The summed E-state index contributed by atoms with van der Waals surface area (Å²) in [5.41, 5.74) is 1.39. The Bertz CT molecular complexity index is 1480. The molecule has 0 aromatic heterocycles. The zero-order valence-electron chi connectivity index (χ0n) is 23.7. The first-order chi connectivity index (χ1) is 19.5. The Morgan fingerprint density at radius 3 is 2.24 bits per heavy atom. The quantitative estimate of drug-likeness (QED) is 0.228. The van der Waals surface area contributed by atoms with Gasteiger partial charge >= 0.3 is 0 Å². The van der Waals surface area contributed by atoms with Crippen molar-refractivity contribution in [3.8, 4) is 0 Å². The molecule has 218 valence electrons. The third-order valence-corrected chi connectivity index (χ3v) is 8.55. The maximum atomic E-state index is 14.1. The molecule has 1 N–H and O–H groups in total. The van der Waals surface area contributed by atoms with Crippen LogP contribution in [0, 0.1) is 17.0 Å². The lowest BCUT2D eigenvalue weighted by Gasteiger charge is -2.33. The predicted molar refractivity (Wildman–Crippen MR) is 158 cm³/mol. The highest BCUT2D eigenvalue weighted by molar-refractivity contribution is 7.92. The molecule has 0 saturated heterocycles. The van der Waals surface area contributed by atoms with E-state index >= 15 is 0 Å². The van der Waals surface area contributed by atoms with Crippen molar-refractivity contribution < 1.29 is 22.9 Å². The topological polar surface area (TPSA) is 130 Å². The molecule has 11 heteroatoms. The number of benzene rings is 3. The van der Waals surface area contributed by atoms with E-state index in [2.05, 4.69) is 5.32 Å². The fraction of sp³-hybridized carbons (Fsp3) is 0.333. The van der Waals surface area contributed by atoms with E-state index in [0.29, 0.717) is 12.8 Å². The van der Waals surface area contributed by atoms with Crippen LogP contribution in [0.2, 0.25) is 0 Å². The third-order valence-electron chi connectivity index (χ3n) is 6.76. The van der Waals surface area contributed by atoms with E-state index in [1.165, 1.54) is 35.2 Å². The van der Waals surface area contributed by atoms with Crippen molar-refractivity contribution in [2.75, 3.05) is 10.8 Å². The summed E-state index contributed by atoms with van der Waals surface area (Å²) in [7, 11) is -4.32. The Hall–Kier alpha value is -4.25. The second kappa shape index (κ2) is 13.9. The Labute approximate surface area is 241 Å². The molecule has 10 nitrogen and oxygen atoms in total. The number of nitrogens with zero attached hydrogens (tertiary/aromatic N) is 3. The molecule has 0 fully saturated rings. The van der Waals surface area contributed by atoms with Crippen LogP contribution in [0.4, 0.5) is 11.4 Å². The number of carbonyl (C=O) groups excluding carboxylic acids is 2. The van der Waals surface area contributed by atoms with E-state index in [1.54, 1.807) is 25.1 Å². The molecule has 0 aliphatic rings. The van der Waals surface area contributed by atoms with E-state index in [4.69, 9.17) is 0 Å². The van der Waals surface area contributed by atoms with Crippen molar-refractivity contribution in [3.05, 3.63) is 100 Å². The van der Waals surface area contributed by atoms with Crippen molar-refractivity contribution in [1.29, 1.82) is 0 Å². The molecule has 3 aromatic rings. The number of nitro groups is 1. The summed E-state index contributed by atoms with van der Waals surface area (Å²) in [4.78, 5) is 39.6. The van der Waals surface area contributed by atoms with Crippen LogP contribution >= 0.6 is 0 Å². The Kier molecular flexibility index (Phi) is 10.6. The van der Waals surface area contributed by atoms with Gasteiger partial charge < -0.3 is 10.2 Å². The highest BCUT2D eigenvalue weighted by atomic mass is 32.2. The molecule has 0 spiro atoms. The second-order valence-electron chi connectivity index (χ2n) is 9.85. The average Bonchev–Trinajstić information content (AvgIpc) is 2.96. The molecule has 0 saturated carbocycles. The minimum absolute atomic E-state index is 0.0380. The van der Waals surface area contributed by atoms with Gasteiger partial charge in [-0.25, -0.2) is 8.42 Å². The summed E-state index contributed by atoms with van der Waals surface area (Å²) in [5, 5.41) is 14.4. The predicted octanol–water partition coefficient (Wildman–Crippen LogP) is 4.82. The number of amides is 2. The van der Waals surface area contributed by atoms with Gasteiger partial charge in [-0.15, -0.1) is 0 Å². The van der Waals surface area contributed by atoms with Gasteiger partial charge in [-0.1, -0.05) is 67.9 Å². The van der Waals surface area contributed by atoms with Crippen LogP contribution in [-0.4, -0.2) is 48.7 Å². The molecule has 0 aliphatic heterocycles. The molecule has 2 amide bonds. The summed E-state index contributed by atoms with van der Waals surface area (Å²) in [6.07, 6.45) is 0.992. The fourth-order valence-corrected chi connectivity index (χ4v) is 5.80. The SMILES string of the molecule is CC[C@H](C)NC(=O)[C@H](CC)N(Cc1cccc(C)c1)C(=O)CN(c1cccc([N+](=O)[O-])c1)S(=O)(=O)c1ccccc1. The van der Waals surface area contributed by atoms with Crippen LogP contribution in [0.5, 0.6) is 0 Å². The van der Waals surface area contributed by atoms with Gasteiger partial charge in [0.1, 0.15) is 12.6 Å². The van der Waals surface area contributed by atoms with Crippen LogP contribution in [0.1, 0.15) is 44.7 Å². The van der Waals surface area contributed by atoms with Gasteiger partial charge in [0.2, 0.25) is 11.8 Å². The number of nitrogens with one attached hydrogen (secondary N) is 1. The number of hydrogen-bond acceptors (Lipinski definition) is 6. The average molecular weight is 581 g/mol. The zero-order chi connectivity index (χ0) is 30.2. The van der Waals surface area contributed by atoms with Gasteiger partial charge in [0, 0.05) is 24.7 Å². The first kappa shape index (κ1) is 31.3. The lowest BCUT2D eigenvalue weighted by Crippen LogP contribution is -2.53. The molecule has 0 aliphatic carbocycles. The van der Waals surface area contributed by atoms with Crippen molar-refractivity contribution in [3.63, 3.8) is 0 Å². The smallest absolute Gasteiger partial charge is 0.271 e. The molecular weight excluding hydrogens is 544 g/mol. The maximum absolute atomic E-state index is 14.1. The van der Waals surface area contributed by atoms with E-state index in [9.17, 15) is 28.1 Å². The molecule has 3 rings (SSSR count). The van der Waals surface area contributed by atoms with E-state index in [0.717, 1.165) is 21.5 Å². The number of hydrogen-bond donors (Lipinski definition) is 1. The van der Waals surface area contributed by atoms with Crippen molar-refractivity contribution >= 4 is 33.2 Å². The summed E-state index contributed by atoms with van der Waals surface area (Å²) >= 11 is 0. The van der Waals surface area contributed by atoms with Crippen LogP contribution in [0.25, 0.3) is 0 Å². The molecule has 0 radical (unpaired) electrons. The van der Waals surface area contributed by atoms with E-state index in [-0.39, 0.29) is 34.8 Å². The molecule has 41 heavy (non-hydrogen) atoms. The van der Waals surface area contributed by atoms with Crippen molar-refractivity contribution in [2.45, 2.75) is 64.1 Å². The van der Waals surface area contributed by atoms with Crippen LogP contribution < -0.4 is 9.62 Å². The molecular formula is C30H36N4O6S. The Morgan fingerprint density at radius 1 is 0.951 bits per heavy atom. The van der Waals surface area contributed by atoms with Gasteiger partial charge in [0.25, 0.3) is 15.7 Å². The Morgan fingerprint density at radius 2 is 1.63 bits per heavy atom. The fourth-order valence-electron chi connectivity index (χ4n) is 4.38. The van der Waals surface area contributed by atoms with Gasteiger partial charge in [0.15, 0.2) is 0 Å². The molecule has 0 bridgehead atoms. The first-order valence-corrected chi connectivity index (χ1v) is 14.9.